The fraction of sp³-hybridized carbons (Fsp3) is 0.591. The molecule has 0 saturated carbocycles. The van der Waals surface area contributed by atoms with Crippen LogP contribution < -0.4 is 5.32 Å². The van der Waals surface area contributed by atoms with E-state index in [0.29, 0.717) is 36.8 Å². The quantitative estimate of drug-likeness (QED) is 0.780. The van der Waals surface area contributed by atoms with E-state index in [1.807, 2.05) is 25.7 Å². The molecule has 0 atom stereocenters. The molecule has 1 aliphatic heterocycles. The lowest BCUT2D eigenvalue weighted by Crippen LogP contribution is -2.40. The highest BCUT2D eigenvalue weighted by atomic mass is 16.6. The average Bonchev–Trinajstić information content (AvgIpc) is 2.70. The molecule has 0 aliphatic carbocycles. The molecule has 1 saturated heterocycles. The van der Waals surface area contributed by atoms with E-state index in [2.05, 4.69) is 10.1 Å². The van der Waals surface area contributed by atoms with Crippen molar-refractivity contribution in [3.05, 3.63) is 29.8 Å². The lowest BCUT2D eigenvalue weighted by molar-refractivity contribution is 0.0285. The molecule has 1 heterocycles. The molecular formula is C22H33N3O5. The first-order chi connectivity index (χ1) is 14.1. The van der Waals surface area contributed by atoms with E-state index >= 15 is 0 Å². The van der Waals surface area contributed by atoms with Gasteiger partial charge < -0.3 is 19.3 Å². The van der Waals surface area contributed by atoms with E-state index in [-0.39, 0.29) is 12.0 Å². The molecule has 0 unspecified atom stereocenters. The summed E-state index contributed by atoms with van der Waals surface area (Å²) in [7, 11) is 3.04. The summed E-state index contributed by atoms with van der Waals surface area (Å²) < 4.78 is 9.96. The fourth-order valence-corrected chi connectivity index (χ4v) is 3.31. The number of carbonyl (C=O) groups is 3. The number of nitrogens with one attached hydrogen (secondary N) is 1. The number of anilines is 1. The summed E-state index contributed by atoms with van der Waals surface area (Å²) in [6.07, 6.45) is 1.80. The monoisotopic (exact) mass is 419 g/mol. The maximum absolute atomic E-state index is 12.8. The minimum atomic E-state index is -0.572. The van der Waals surface area contributed by atoms with Crippen molar-refractivity contribution >= 4 is 23.8 Å². The van der Waals surface area contributed by atoms with Gasteiger partial charge in [0.2, 0.25) is 0 Å². The molecule has 1 aliphatic rings. The topological polar surface area (TPSA) is 88.2 Å². The Morgan fingerprint density at radius 1 is 1.20 bits per heavy atom. The summed E-state index contributed by atoms with van der Waals surface area (Å²) >= 11 is 0. The number of rotatable bonds is 5. The van der Waals surface area contributed by atoms with Gasteiger partial charge in [-0.3, -0.25) is 10.1 Å². The average molecular weight is 420 g/mol. The van der Waals surface area contributed by atoms with Crippen LogP contribution in [-0.2, 0) is 9.47 Å². The number of hydrogen-bond acceptors (Lipinski definition) is 5. The number of ether oxygens (including phenoxy) is 2. The molecule has 8 heteroatoms. The number of carbonyl (C=O) groups excluding carboxylic acids is 3. The van der Waals surface area contributed by atoms with Gasteiger partial charge in [0.15, 0.2) is 0 Å². The van der Waals surface area contributed by atoms with Crippen LogP contribution in [-0.4, -0.2) is 67.3 Å². The summed E-state index contributed by atoms with van der Waals surface area (Å²) in [4.78, 5) is 39.7. The maximum atomic E-state index is 12.8. The van der Waals surface area contributed by atoms with E-state index in [1.54, 1.807) is 36.2 Å². The van der Waals surface area contributed by atoms with E-state index in [4.69, 9.17) is 4.74 Å². The summed E-state index contributed by atoms with van der Waals surface area (Å²) in [5, 5.41) is 2.57. The molecule has 30 heavy (non-hydrogen) atoms. The lowest BCUT2D eigenvalue weighted by Gasteiger charge is -2.33. The number of benzene rings is 1. The van der Waals surface area contributed by atoms with Gasteiger partial charge in [-0.1, -0.05) is 6.07 Å². The predicted octanol–water partition coefficient (Wildman–Crippen LogP) is 3.97. The van der Waals surface area contributed by atoms with Crippen LogP contribution in [0.15, 0.2) is 24.3 Å². The van der Waals surface area contributed by atoms with Gasteiger partial charge in [-0.05, 0) is 64.2 Å². The van der Waals surface area contributed by atoms with Crippen molar-refractivity contribution in [2.75, 3.05) is 39.1 Å². The molecule has 0 spiro atoms. The number of amides is 3. The van der Waals surface area contributed by atoms with Gasteiger partial charge in [-0.15, -0.1) is 0 Å². The van der Waals surface area contributed by atoms with Crippen LogP contribution in [0, 0.1) is 5.92 Å². The number of piperidine rings is 1. The Labute approximate surface area is 178 Å². The maximum Gasteiger partial charge on any atom is 0.411 e. The zero-order valence-corrected chi connectivity index (χ0v) is 18.6. The molecular weight excluding hydrogens is 386 g/mol. The van der Waals surface area contributed by atoms with Crippen LogP contribution in [0.3, 0.4) is 0 Å². The van der Waals surface area contributed by atoms with Crippen molar-refractivity contribution in [3.8, 4) is 0 Å². The Bertz CT molecular complexity index is 751. The van der Waals surface area contributed by atoms with Crippen molar-refractivity contribution in [1.82, 2.24) is 9.80 Å². The number of methoxy groups -OCH3 is 1. The van der Waals surface area contributed by atoms with E-state index in [9.17, 15) is 14.4 Å². The van der Waals surface area contributed by atoms with Crippen LogP contribution in [0.1, 0.15) is 50.4 Å². The van der Waals surface area contributed by atoms with Gasteiger partial charge in [0.05, 0.1) is 7.11 Å². The van der Waals surface area contributed by atoms with Gasteiger partial charge in [-0.25, -0.2) is 9.59 Å². The van der Waals surface area contributed by atoms with Crippen molar-refractivity contribution in [3.63, 3.8) is 0 Å². The largest absolute Gasteiger partial charge is 0.453 e. The molecule has 1 fully saturated rings. The predicted molar refractivity (Wildman–Crippen MR) is 115 cm³/mol. The molecule has 2 rings (SSSR count). The van der Waals surface area contributed by atoms with Gasteiger partial charge in [0.25, 0.3) is 5.91 Å². The minimum absolute atomic E-state index is 0.0483. The van der Waals surface area contributed by atoms with E-state index in [1.165, 1.54) is 7.11 Å². The number of nitrogens with zero attached hydrogens (tertiary/aromatic N) is 2. The van der Waals surface area contributed by atoms with Crippen molar-refractivity contribution in [1.29, 1.82) is 0 Å². The molecule has 0 radical (unpaired) electrons. The van der Waals surface area contributed by atoms with Crippen LogP contribution in [0.2, 0.25) is 0 Å². The standard InChI is InChI=1S/C22H33N3O5/c1-22(2,3)30-21(28)24(4)12-9-16-10-13-25(14-11-16)19(26)17-7-6-8-18(15-17)23-20(27)29-5/h6-8,15-16H,9-14H2,1-5H3,(H,23,27). The van der Waals surface area contributed by atoms with Crippen molar-refractivity contribution in [2.24, 2.45) is 5.92 Å². The minimum Gasteiger partial charge on any atom is -0.453 e. The highest BCUT2D eigenvalue weighted by Gasteiger charge is 2.25. The summed E-state index contributed by atoms with van der Waals surface area (Å²) in [5.41, 5.74) is 0.556. The first-order valence-electron chi connectivity index (χ1n) is 10.3. The second-order valence-electron chi connectivity index (χ2n) is 8.62. The third-order valence-electron chi connectivity index (χ3n) is 5.02. The molecule has 166 valence electrons. The Balaban J connectivity index is 1.81. The molecule has 1 N–H and O–H groups in total. The number of hydrogen-bond donors (Lipinski definition) is 1. The Morgan fingerprint density at radius 3 is 2.47 bits per heavy atom. The smallest absolute Gasteiger partial charge is 0.411 e. The Kier molecular flexibility index (Phi) is 8.08. The Hall–Kier alpha value is -2.77. The van der Waals surface area contributed by atoms with Crippen LogP contribution in [0.4, 0.5) is 15.3 Å². The SMILES string of the molecule is COC(=O)Nc1cccc(C(=O)N2CCC(CCN(C)C(=O)OC(C)(C)C)CC2)c1. The van der Waals surface area contributed by atoms with Gasteiger partial charge >= 0.3 is 12.2 Å². The molecule has 3 amide bonds. The lowest BCUT2D eigenvalue weighted by atomic mass is 9.93. The van der Waals surface area contributed by atoms with Crippen molar-refractivity contribution < 1.29 is 23.9 Å². The zero-order chi connectivity index (χ0) is 22.3. The van der Waals surface area contributed by atoms with Gasteiger partial charge in [-0.2, -0.15) is 0 Å². The molecule has 1 aromatic carbocycles. The molecule has 0 bridgehead atoms. The third-order valence-corrected chi connectivity index (χ3v) is 5.02. The summed E-state index contributed by atoms with van der Waals surface area (Å²) in [6.45, 7) is 7.55. The normalized spacial score (nSPS) is 14.8. The van der Waals surface area contributed by atoms with Crippen molar-refractivity contribution in [2.45, 2.75) is 45.6 Å². The zero-order valence-electron chi connectivity index (χ0n) is 18.6. The first-order valence-corrected chi connectivity index (χ1v) is 10.3. The first kappa shape index (κ1) is 23.5. The Morgan fingerprint density at radius 2 is 1.87 bits per heavy atom. The van der Waals surface area contributed by atoms with E-state index in [0.717, 1.165) is 19.3 Å². The highest BCUT2D eigenvalue weighted by molar-refractivity contribution is 5.96. The second-order valence-corrected chi connectivity index (χ2v) is 8.62. The van der Waals surface area contributed by atoms with E-state index < -0.39 is 11.7 Å². The third kappa shape index (κ3) is 7.24. The molecule has 8 nitrogen and oxygen atoms in total. The fourth-order valence-electron chi connectivity index (χ4n) is 3.31. The van der Waals surface area contributed by atoms with Crippen LogP contribution in [0.25, 0.3) is 0 Å². The highest BCUT2D eigenvalue weighted by Crippen LogP contribution is 2.23. The second kappa shape index (κ2) is 10.3. The van der Waals surface area contributed by atoms with Crippen LogP contribution in [0.5, 0.6) is 0 Å². The number of likely N-dealkylation sites (tertiary alicyclic amines) is 1. The summed E-state index contributed by atoms with van der Waals surface area (Å²) in [6, 6.07) is 6.84. The molecule has 1 aromatic rings. The van der Waals surface area contributed by atoms with Crippen LogP contribution >= 0.6 is 0 Å². The van der Waals surface area contributed by atoms with Gasteiger partial charge in [0.1, 0.15) is 5.60 Å². The summed E-state index contributed by atoms with van der Waals surface area (Å²) in [5.74, 6) is 0.416. The molecule has 0 aromatic heterocycles. The van der Waals surface area contributed by atoms with Gasteiger partial charge in [0, 0.05) is 37.9 Å².